The Hall–Kier alpha value is -1.35. The third kappa shape index (κ3) is 7.77. The molecule has 29 heavy (non-hydrogen) atoms. The molecule has 1 heterocycles. The van der Waals surface area contributed by atoms with Crippen molar-refractivity contribution in [1.29, 1.82) is 0 Å². The lowest BCUT2D eigenvalue weighted by molar-refractivity contribution is 0.198. The molecule has 0 atom stereocenters. The van der Waals surface area contributed by atoms with E-state index in [2.05, 4.69) is 32.7 Å². The first kappa shape index (κ1) is 23.9. The summed E-state index contributed by atoms with van der Waals surface area (Å²) in [5, 5.41) is 7.33. The number of guanidine groups is 1. The number of aliphatic imine (C=N–C) groups is 1. The normalized spacial score (nSPS) is 16.9. The van der Waals surface area contributed by atoms with E-state index in [1.807, 2.05) is 26.0 Å². The van der Waals surface area contributed by atoms with E-state index in [1.165, 1.54) is 9.87 Å². The number of likely N-dealkylation sites (tertiary alicyclic amines) is 1. The molecule has 0 spiro atoms. The fourth-order valence-electron chi connectivity index (χ4n) is 3.52. The smallest absolute Gasteiger partial charge is 0.215 e. The van der Waals surface area contributed by atoms with Crippen molar-refractivity contribution in [1.82, 2.24) is 19.8 Å². The summed E-state index contributed by atoms with van der Waals surface area (Å²) in [4.78, 5) is 6.68. The zero-order valence-electron chi connectivity index (χ0n) is 17.7. The van der Waals surface area contributed by atoms with Crippen molar-refractivity contribution in [3.63, 3.8) is 0 Å². The van der Waals surface area contributed by atoms with E-state index < -0.39 is 10.0 Å². The molecule has 9 heteroatoms. The van der Waals surface area contributed by atoms with Gasteiger partial charge < -0.3 is 10.6 Å². The Morgan fingerprint density at radius 2 is 1.83 bits per heavy atom. The fraction of sp³-hybridized carbons (Fsp3) is 0.650. The molecule has 1 saturated heterocycles. The van der Waals surface area contributed by atoms with Crippen LogP contribution in [0.25, 0.3) is 0 Å². The minimum atomic E-state index is -3.23. The predicted molar refractivity (Wildman–Crippen MR) is 121 cm³/mol. The van der Waals surface area contributed by atoms with E-state index in [4.69, 9.17) is 11.6 Å². The van der Waals surface area contributed by atoms with Crippen molar-refractivity contribution in [2.75, 3.05) is 45.5 Å². The van der Waals surface area contributed by atoms with Gasteiger partial charge in [0.15, 0.2) is 5.96 Å². The molecule has 1 aliphatic heterocycles. The minimum absolute atomic E-state index is 0.0644. The molecule has 0 aromatic heterocycles. The second-order valence-electron chi connectivity index (χ2n) is 7.22. The Morgan fingerprint density at radius 3 is 2.38 bits per heavy atom. The van der Waals surface area contributed by atoms with E-state index in [1.54, 1.807) is 7.05 Å². The molecule has 7 nitrogen and oxygen atoms in total. The lowest BCUT2D eigenvalue weighted by Gasteiger charge is -2.33. The van der Waals surface area contributed by atoms with E-state index in [0.717, 1.165) is 37.5 Å². The third-order valence-corrected chi connectivity index (χ3v) is 7.50. The summed E-state index contributed by atoms with van der Waals surface area (Å²) < 4.78 is 26.0. The van der Waals surface area contributed by atoms with Crippen molar-refractivity contribution in [2.24, 2.45) is 4.99 Å². The van der Waals surface area contributed by atoms with E-state index in [9.17, 15) is 8.42 Å². The van der Waals surface area contributed by atoms with Gasteiger partial charge in [0.1, 0.15) is 0 Å². The number of sulfonamides is 1. The van der Waals surface area contributed by atoms with Crippen molar-refractivity contribution in [3.05, 3.63) is 34.9 Å². The largest absolute Gasteiger partial charge is 0.355 e. The number of hydrogen-bond acceptors (Lipinski definition) is 4. The van der Waals surface area contributed by atoms with Crippen molar-refractivity contribution in [2.45, 2.75) is 39.3 Å². The van der Waals surface area contributed by atoms with E-state index >= 15 is 0 Å². The molecule has 0 saturated carbocycles. The Bertz CT molecular complexity index is 743. The van der Waals surface area contributed by atoms with Crippen LogP contribution in [0.5, 0.6) is 0 Å². The number of halogens is 1. The molecule has 164 valence electrons. The van der Waals surface area contributed by atoms with Gasteiger partial charge in [-0.05, 0) is 30.5 Å². The highest BCUT2D eigenvalue weighted by atomic mass is 35.5. The van der Waals surface area contributed by atoms with Gasteiger partial charge in [0.25, 0.3) is 0 Å². The average Bonchev–Trinajstić information content (AvgIpc) is 2.71. The van der Waals surface area contributed by atoms with Crippen LogP contribution in [0.4, 0.5) is 0 Å². The highest BCUT2D eigenvalue weighted by Crippen LogP contribution is 2.16. The summed E-state index contributed by atoms with van der Waals surface area (Å²) in [6.45, 7) is 8.00. The molecule has 0 bridgehead atoms. The van der Waals surface area contributed by atoms with E-state index in [0.29, 0.717) is 31.6 Å². The zero-order chi connectivity index (χ0) is 21.3. The molecule has 0 radical (unpaired) electrons. The summed E-state index contributed by atoms with van der Waals surface area (Å²) in [6.07, 6.45) is 2.04. The van der Waals surface area contributed by atoms with Crippen LogP contribution in [0, 0.1) is 0 Å². The van der Waals surface area contributed by atoms with Gasteiger partial charge in [-0.25, -0.2) is 12.7 Å². The number of nitrogens with one attached hydrogen (secondary N) is 2. The minimum Gasteiger partial charge on any atom is -0.355 e. The van der Waals surface area contributed by atoms with Gasteiger partial charge in [-0.3, -0.25) is 9.89 Å². The lowest BCUT2D eigenvalue weighted by atomic mass is 10.0. The van der Waals surface area contributed by atoms with Crippen LogP contribution in [-0.2, 0) is 16.6 Å². The number of nitrogens with zero attached hydrogens (tertiary/aromatic N) is 3. The number of hydrogen-bond donors (Lipinski definition) is 2. The molecule has 1 aliphatic rings. The molecule has 2 N–H and O–H groups in total. The maximum absolute atomic E-state index is 12.3. The molecule has 1 aromatic rings. The molecule has 0 aliphatic carbocycles. The SMILES string of the molecule is CCN(CC)S(=O)(=O)CCNC(=NC)NC1CCN(Cc2ccc(Cl)cc2)CC1. The monoisotopic (exact) mass is 443 g/mol. The molecule has 2 rings (SSSR count). The third-order valence-electron chi connectivity index (χ3n) is 5.22. The summed E-state index contributed by atoms with van der Waals surface area (Å²) in [5.41, 5.74) is 1.27. The highest BCUT2D eigenvalue weighted by Gasteiger charge is 2.21. The maximum atomic E-state index is 12.3. The van der Waals surface area contributed by atoms with Crippen LogP contribution < -0.4 is 10.6 Å². The quantitative estimate of drug-likeness (QED) is 0.451. The van der Waals surface area contributed by atoms with Gasteiger partial charge in [0.05, 0.1) is 5.75 Å². The van der Waals surface area contributed by atoms with Gasteiger partial charge in [0.2, 0.25) is 10.0 Å². The summed E-state index contributed by atoms with van der Waals surface area (Å²) in [6, 6.07) is 8.35. The molecule has 1 aromatic carbocycles. The van der Waals surface area contributed by atoms with Crippen molar-refractivity contribution < 1.29 is 8.42 Å². The van der Waals surface area contributed by atoms with Gasteiger partial charge >= 0.3 is 0 Å². The van der Waals surface area contributed by atoms with Crippen molar-refractivity contribution >= 4 is 27.6 Å². The van der Waals surface area contributed by atoms with Crippen LogP contribution in [-0.4, -0.2) is 75.1 Å². The molecular weight excluding hydrogens is 410 g/mol. The maximum Gasteiger partial charge on any atom is 0.215 e. The van der Waals surface area contributed by atoms with Crippen molar-refractivity contribution in [3.8, 4) is 0 Å². The van der Waals surface area contributed by atoms with Crippen LogP contribution in [0.1, 0.15) is 32.3 Å². The Labute approximate surface area is 180 Å². The van der Waals surface area contributed by atoms with Crippen LogP contribution in [0.3, 0.4) is 0 Å². The first-order valence-electron chi connectivity index (χ1n) is 10.3. The highest BCUT2D eigenvalue weighted by molar-refractivity contribution is 7.89. The first-order chi connectivity index (χ1) is 13.9. The van der Waals surface area contributed by atoms with Gasteiger partial charge in [-0.2, -0.15) is 0 Å². The van der Waals surface area contributed by atoms with Crippen LogP contribution >= 0.6 is 11.6 Å². The average molecular weight is 444 g/mol. The summed E-state index contributed by atoms with van der Waals surface area (Å²) in [7, 11) is -1.51. The Morgan fingerprint density at radius 1 is 1.21 bits per heavy atom. The summed E-state index contributed by atoms with van der Waals surface area (Å²) in [5.74, 6) is 0.727. The van der Waals surface area contributed by atoms with Gasteiger partial charge in [0, 0.05) is 57.4 Å². The van der Waals surface area contributed by atoms with E-state index in [-0.39, 0.29) is 5.75 Å². The number of rotatable bonds is 9. The topological polar surface area (TPSA) is 77.0 Å². The number of benzene rings is 1. The Balaban J connectivity index is 1.73. The Kier molecular flexibility index (Phi) is 9.68. The van der Waals surface area contributed by atoms with Crippen LogP contribution in [0.2, 0.25) is 5.02 Å². The molecule has 0 unspecified atom stereocenters. The molecule has 0 amide bonds. The zero-order valence-corrected chi connectivity index (χ0v) is 19.3. The fourth-order valence-corrected chi connectivity index (χ4v) is 5.05. The predicted octanol–water partition coefficient (Wildman–Crippen LogP) is 2.14. The van der Waals surface area contributed by atoms with Crippen LogP contribution in [0.15, 0.2) is 29.3 Å². The second kappa shape index (κ2) is 11.7. The summed E-state index contributed by atoms with van der Waals surface area (Å²) >= 11 is 5.95. The van der Waals surface area contributed by atoms with Gasteiger partial charge in [-0.15, -0.1) is 0 Å². The van der Waals surface area contributed by atoms with Gasteiger partial charge in [-0.1, -0.05) is 37.6 Å². The number of piperidine rings is 1. The lowest BCUT2D eigenvalue weighted by Crippen LogP contribution is -2.49. The molecule has 1 fully saturated rings. The molecular formula is C20H34ClN5O2S. The standard InChI is InChI=1S/C20H34ClN5O2S/c1-4-26(5-2)29(27,28)15-12-23-20(22-3)24-19-10-13-25(14-11-19)16-17-6-8-18(21)9-7-17/h6-9,19H,4-5,10-16H2,1-3H3,(H2,22,23,24). The second-order valence-corrected chi connectivity index (χ2v) is 9.75. The first-order valence-corrected chi connectivity index (χ1v) is 12.3.